The summed E-state index contributed by atoms with van der Waals surface area (Å²) >= 11 is 0. The summed E-state index contributed by atoms with van der Waals surface area (Å²) in [5.41, 5.74) is 2.74. The summed E-state index contributed by atoms with van der Waals surface area (Å²) in [7, 11) is 1.34. The molecule has 6 heteroatoms. The van der Waals surface area contributed by atoms with Crippen LogP contribution >= 0.6 is 0 Å². The minimum atomic E-state index is -0.366. The summed E-state index contributed by atoms with van der Waals surface area (Å²) in [4.78, 5) is 19.6. The Hall–Kier alpha value is -3.41. The molecule has 0 saturated carbocycles. The number of aryl methyl sites for hydroxylation is 1. The Balaban J connectivity index is 1.51. The van der Waals surface area contributed by atoms with E-state index in [4.69, 9.17) is 9.15 Å². The molecule has 28 heavy (non-hydrogen) atoms. The number of hydrogen-bond acceptors (Lipinski definition) is 6. The monoisotopic (exact) mass is 378 g/mol. The minimum absolute atomic E-state index is 0.0107. The summed E-state index contributed by atoms with van der Waals surface area (Å²) in [6.45, 7) is 2.42. The Bertz CT molecular complexity index is 931. The second-order valence-electron chi connectivity index (χ2n) is 6.10. The summed E-state index contributed by atoms with van der Waals surface area (Å²) < 4.78 is 16.1. The lowest BCUT2D eigenvalue weighted by atomic mass is 10.2. The van der Waals surface area contributed by atoms with Crippen LogP contribution in [0.2, 0.25) is 0 Å². The number of carbonyl (C=O) groups is 1. The van der Waals surface area contributed by atoms with Gasteiger partial charge in [0.1, 0.15) is 18.1 Å². The maximum atomic E-state index is 11.0. The van der Waals surface area contributed by atoms with Crippen LogP contribution < -0.4 is 4.74 Å². The smallest absolute Gasteiger partial charge is 0.327 e. The molecule has 0 atom stereocenters. The first-order valence-electron chi connectivity index (χ1n) is 8.97. The molecule has 1 heterocycles. The number of benzene rings is 2. The summed E-state index contributed by atoms with van der Waals surface area (Å²) in [5, 5.41) is 0. The minimum Gasteiger partial charge on any atom is -0.493 e. The van der Waals surface area contributed by atoms with Crippen LogP contribution in [-0.2, 0) is 16.0 Å². The molecule has 1 aromatic heterocycles. The zero-order chi connectivity index (χ0) is 19.8. The second kappa shape index (κ2) is 9.50. The van der Waals surface area contributed by atoms with Gasteiger partial charge in [-0.1, -0.05) is 18.2 Å². The lowest BCUT2D eigenvalue weighted by Gasteiger charge is -2.05. The predicted octanol–water partition coefficient (Wildman–Crippen LogP) is 3.86. The molecular formula is C22H22N2O4. The number of aliphatic imine (C=N–C) groups is 1. The van der Waals surface area contributed by atoms with Crippen molar-refractivity contribution in [3.63, 3.8) is 0 Å². The quantitative estimate of drug-likeness (QED) is 0.439. The van der Waals surface area contributed by atoms with Crippen LogP contribution in [0, 0.1) is 6.92 Å². The highest BCUT2D eigenvalue weighted by molar-refractivity contribution is 5.82. The van der Waals surface area contributed by atoms with Crippen LogP contribution in [0.1, 0.15) is 17.0 Å². The molecule has 0 aliphatic heterocycles. The lowest BCUT2D eigenvalue weighted by Crippen LogP contribution is -2.04. The first kappa shape index (κ1) is 19.4. The third kappa shape index (κ3) is 5.30. The molecule has 144 valence electrons. The zero-order valence-corrected chi connectivity index (χ0v) is 15.9. The van der Waals surface area contributed by atoms with Gasteiger partial charge in [0.2, 0.25) is 5.89 Å². The van der Waals surface area contributed by atoms with Gasteiger partial charge in [-0.15, -0.1) is 0 Å². The molecule has 0 bridgehead atoms. The number of hydrogen-bond donors (Lipinski definition) is 0. The second-order valence-corrected chi connectivity index (χ2v) is 6.10. The Morgan fingerprint density at radius 2 is 1.89 bits per heavy atom. The Morgan fingerprint density at radius 3 is 2.61 bits per heavy atom. The zero-order valence-electron chi connectivity index (χ0n) is 15.9. The van der Waals surface area contributed by atoms with Gasteiger partial charge in [-0.25, -0.2) is 4.98 Å². The van der Waals surface area contributed by atoms with Crippen LogP contribution in [0.3, 0.4) is 0 Å². The normalized spacial score (nSPS) is 10.9. The van der Waals surface area contributed by atoms with Crippen LogP contribution in [0.25, 0.3) is 11.5 Å². The van der Waals surface area contributed by atoms with E-state index in [1.165, 1.54) is 7.11 Å². The van der Waals surface area contributed by atoms with E-state index in [9.17, 15) is 4.79 Å². The van der Waals surface area contributed by atoms with Gasteiger partial charge >= 0.3 is 5.97 Å². The van der Waals surface area contributed by atoms with Crippen molar-refractivity contribution in [2.75, 3.05) is 20.3 Å². The van der Waals surface area contributed by atoms with Crippen LogP contribution in [0.15, 0.2) is 64.0 Å². The standard InChI is InChI=1S/C22H22N2O4/c1-16-20(24-22(28-16)18-6-4-3-5-7-18)12-13-27-19-10-8-17(9-11-19)14-23-15-21(25)26-2/h3-11,14H,12-13,15H2,1-2H3/b23-14+. The third-order valence-electron chi connectivity index (χ3n) is 4.09. The Labute approximate surface area is 163 Å². The van der Waals surface area contributed by atoms with Crippen molar-refractivity contribution in [2.45, 2.75) is 13.3 Å². The van der Waals surface area contributed by atoms with Crippen molar-refractivity contribution < 1.29 is 18.7 Å². The number of aromatic nitrogens is 1. The molecule has 3 rings (SSSR count). The molecule has 2 aromatic carbocycles. The molecule has 0 radical (unpaired) electrons. The van der Waals surface area contributed by atoms with Gasteiger partial charge in [0.15, 0.2) is 0 Å². The molecule has 0 aliphatic carbocycles. The average Bonchev–Trinajstić information content (AvgIpc) is 3.10. The first-order valence-corrected chi connectivity index (χ1v) is 8.97. The predicted molar refractivity (Wildman–Crippen MR) is 107 cm³/mol. The van der Waals surface area contributed by atoms with Gasteiger partial charge in [-0.2, -0.15) is 0 Å². The highest BCUT2D eigenvalue weighted by Gasteiger charge is 2.11. The fourth-order valence-electron chi connectivity index (χ4n) is 2.57. The van der Waals surface area contributed by atoms with E-state index in [1.54, 1.807) is 6.21 Å². The molecule has 0 N–H and O–H groups in total. The van der Waals surface area contributed by atoms with Gasteiger partial charge in [0, 0.05) is 18.2 Å². The van der Waals surface area contributed by atoms with Crippen molar-refractivity contribution in [3.05, 3.63) is 71.6 Å². The lowest BCUT2D eigenvalue weighted by molar-refractivity contribution is -0.138. The molecule has 6 nitrogen and oxygen atoms in total. The van der Waals surface area contributed by atoms with E-state index in [0.717, 1.165) is 28.3 Å². The van der Waals surface area contributed by atoms with E-state index in [-0.39, 0.29) is 12.5 Å². The first-order chi connectivity index (χ1) is 13.7. The number of nitrogens with zero attached hydrogens (tertiary/aromatic N) is 2. The van der Waals surface area contributed by atoms with E-state index < -0.39 is 0 Å². The molecule has 3 aromatic rings. The van der Waals surface area contributed by atoms with Crippen molar-refractivity contribution >= 4 is 12.2 Å². The third-order valence-corrected chi connectivity index (χ3v) is 4.09. The number of methoxy groups -OCH3 is 1. The molecule has 0 aliphatic rings. The van der Waals surface area contributed by atoms with Crippen LogP contribution in [0.5, 0.6) is 5.75 Å². The Morgan fingerprint density at radius 1 is 1.14 bits per heavy atom. The highest BCUT2D eigenvalue weighted by Crippen LogP contribution is 2.22. The van der Waals surface area contributed by atoms with Crippen LogP contribution in [-0.4, -0.2) is 37.4 Å². The van der Waals surface area contributed by atoms with Gasteiger partial charge < -0.3 is 13.9 Å². The largest absolute Gasteiger partial charge is 0.493 e. The Kier molecular flexibility index (Phi) is 6.57. The van der Waals surface area contributed by atoms with Crippen molar-refractivity contribution in [1.82, 2.24) is 4.98 Å². The molecule has 0 saturated heterocycles. The van der Waals surface area contributed by atoms with Gasteiger partial charge in [-0.3, -0.25) is 9.79 Å². The van der Waals surface area contributed by atoms with E-state index in [2.05, 4.69) is 14.7 Å². The molecule has 0 fully saturated rings. The number of oxazole rings is 1. The molecular weight excluding hydrogens is 356 g/mol. The van der Waals surface area contributed by atoms with Crippen molar-refractivity contribution in [3.8, 4) is 17.2 Å². The van der Waals surface area contributed by atoms with Crippen molar-refractivity contribution in [1.29, 1.82) is 0 Å². The number of ether oxygens (including phenoxy) is 2. The maximum Gasteiger partial charge on any atom is 0.327 e. The van der Waals surface area contributed by atoms with Gasteiger partial charge in [0.05, 0.1) is 19.4 Å². The number of carbonyl (C=O) groups excluding carboxylic acids is 1. The van der Waals surface area contributed by atoms with Gasteiger partial charge in [-0.05, 0) is 48.9 Å². The number of rotatable bonds is 8. The summed E-state index contributed by atoms with van der Waals surface area (Å²) in [5.74, 6) is 1.83. The van der Waals surface area contributed by atoms with E-state index in [1.807, 2.05) is 61.5 Å². The van der Waals surface area contributed by atoms with Crippen molar-refractivity contribution in [2.24, 2.45) is 4.99 Å². The highest BCUT2D eigenvalue weighted by atomic mass is 16.5. The molecule has 0 spiro atoms. The summed E-state index contributed by atoms with van der Waals surface area (Å²) in [6.07, 6.45) is 2.29. The molecule has 0 unspecified atom stereocenters. The summed E-state index contributed by atoms with van der Waals surface area (Å²) in [6, 6.07) is 17.3. The topological polar surface area (TPSA) is 73.9 Å². The fraction of sp³-hybridized carbons (Fsp3) is 0.227. The molecule has 0 amide bonds. The van der Waals surface area contributed by atoms with Crippen LogP contribution in [0.4, 0.5) is 0 Å². The SMILES string of the molecule is COC(=O)C/N=C/c1ccc(OCCc2nc(-c3ccccc3)oc2C)cc1. The van der Waals surface area contributed by atoms with Gasteiger partial charge in [0.25, 0.3) is 0 Å². The van der Waals surface area contributed by atoms with E-state index in [0.29, 0.717) is 18.9 Å². The number of esters is 1. The maximum absolute atomic E-state index is 11.0. The van der Waals surface area contributed by atoms with E-state index >= 15 is 0 Å². The average molecular weight is 378 g/mol. The fourth-order valence-corrected chi connectivity index (χ4v) is 2.57.